The summed E-state index contributed by atoms with van der Waals surface area (Å²) in [7, 11) is -0.456. The second-order valence-electron chi connectivity index (χ2n) is 7.89. The number of rotatable bonds is 10. The van der Waals surface area contributed by atoms with Gasteiger partial charge in [0.15, 0.2) is 0 Å². The zero-order valence-electron chi connectivity index (χ0n) is 20.8. The smallest absolute Gasteiger partial charge is 0.337 e. The lowest BCUT2D eigenvalue weighted by molar-refractivity contribution is -0.116. The Labute approximate surface area is 225 Å². The van der Waals surface area contributed by atoms with E-state index >= 15 is 0 Å². The molecule has 3 aromatic rings. The average Bonchev–Trinajstić information content (AvgIpc) is 2.91. The Morgan fingerprint density at radius 1 is 0.868 bits per heavy atom. The van der Waals surface area contributed by atoms with Crippen molar-refractivity contribution in [3.05, 3.63) is 88.4 Å². The number of carbonyl (C=O) groups excluding carboxylic acids is 3. The monoisotopic (exact) mass is 560 g/mol. The molecule has 0 heterocycles. The molecule has 3 rings (SSSR count). The SMILES string of the molecule is COC(=O)c1cc(NC(=O)CN(Cc2ccccc2)S(=O)(=O)c2ccc(OC)c(Cl)c2)cc(C(=O)OC)c1. The van der Waals surface area contributed by atoms with Gasteiger partial charge in [-0.25, -0.2) is 18.0 Å². The van der Waals surface area contributed by atoms with Gasteiger partial charge >= 0.3 is 11.9 Å². The predicted molar refractivity (Wildman–Crippen MR) is 140 cm³/mol. The van der Waals surface area contributed by atoms with Gasteiger partial charge in [-0.1, -0.05) is 41.9 Å². The summed E-state index contributed by atoms with van der Waals surface area (Å²) in [5.74, 6) is -1.90. The third-order valence-electron chi connectivity index (χ3n) is 5.34. The first-order valence-electron chi connectivity index (χ1n) is 11.1. The minimum atomic E-state index is -4.20. The fourth-order valence-electron chi connectivity index (χ4n) is 3.50. The first-order valence-corrected chi connectivity index (χ1v) is 12.9. The number of hydrogen-bond donors (Lipinski definition) is 1. The Balaban J connectivity index is 1.94. The number of amides is 1. The number of esters is 2. The summed E-state index contributed by atoms with van der Waals surface area (Å²) in [6.07, 6.45) is 0. The van der Waals surface area contributed by atoms with Gasteiger partial charge in [0, 0.05) is 12.2 Å². The molecular weight excluding hydrogens is 536 g/mol. The largest absolute Gasteiger partial charge is 0.495 e. The molecule has 0 spiro atoms. The van der Waals surface area contributed by atoms with Crippen LogP contribution in [0.15, 0.2) is 71.6 Å². The van der Waals surface area contributed by atoms with Gasteiger partial charge in [0.25, 0.3) is 0 Å². The van der Waals surface area contributed by atoms with Crippen molar-refractivity contribution in [2.24, 2.45) is 0 Å². The van der Waals surface area contributed by atoms with Crippen molar-refractivity contribution in [1.29, 1.82) is 0 Å². The third-order valence-corrected chi connectivity index (χ3v) is 7.42. The normalized spacial score (nSPS) is 11.1. The Morgan fingerprint density at radius 3 is 2.00 bits per heavy atom. The molecule has 0 saturated carbocycles. The molecule has 0 aliphatic heterocycles. The number of carbonyl (C=O) groups is 3. The molecule has 12 heteroatoms. The topological polar surface area (TPSA) is 128 Å². The van der Waals surface area contributed by atoms with E-state index in [9.17, 15) is 22.8 Å². The quantitative estimate of drug-likeness (QED) is 0.371. The molecule has 0 aliphatic rings. The Hall–Kier alpha value is -3.93. The van der Waals surface area contributed by atoms with Crippen LogP contribution in [0, 0.1) is 0 Å². The number of anilines is 1. The number of ether oxygens (including phenoxy) is 3. The number of benzene rings is 3. The number of halogens is 1. The molecule has 0 saturated heterocycles. The van der Waals surface area contributed by atoms with Crippen LogP contribution in [-0.4, -0.2) is 58.4 Å². The molecule has 0 aromatic heterocycles. The van der Waals surface area contributed by atoms with Gasteiger partial charge in [0.2, 0.25) is 15.9 Å². The number of sulfonamides is 1. The van der Waals surface area contributed by atoms with Crippen LogP contribution in [0.3, 0.4) is 0 Å². The van der Waals surface area contributed by atoms with E-state index in [-0.39, 0.29) is 33.3 Å². The summed E-state index contributed by atoms with van der Waals surface area (Å²) in [5, 5.41) is 2.63. The molecule has 0 fully saturated rings. The van der Waals surface area contributed by atoms with Gasteiger partial charge in [-0.2, -0.15) is 4.31 Å². The summed E-state index contributed by atoms with van der Waals surface area (Å²) in [6.45, 7) is -0.702. The van der Waals surface area contributed by atoms with Crippen LogP contribution >= 0.6 is 11.6 Å². The molecule has 0 aliphatic carbocycles. The van der Waals surface area contributed by atoms with E-state index in [1.807, 2.05) is 0 Å². The maximum atomic E-state index is 13.6. The summed E-state index contributed by atoms with van der Waals surface area (Å²) in [4.78, 5) is 37.1. The second-order valence-corrected chi connectivity index (χ2v) is 10.2. The number of methoxy groups -OCH3 is 3. The van der Waals surface area contributed by atoms with Gasteiger partial charge in [-0.15, -0.1) is 0 Å². The van der Waals surface area contributed by atoms with Crippen molar-refractivity contribution in [1.82, 2.24) is 4.31 Å². The Morgan fingerprint density at radius 2 is 1.47 bits per heavy atom. The molecule has 1 N–H and O–H groups in total. The second kappa shape index (κ2) is 12.5. The molecule has 3 aromatic carbocycles. The molecule has 200 valence electrons. The van der Waals surface area contributed by atoms with Gasteiger partial charge in [0.05, 0.1) is 48.9 Å². The molecule has 10 nitrogen and oxygen atoms in total. The Kier molecular flexibility index (Phi) is 9.45. The lowest BCUT2D eigenvalue weighted by atomic mass is 10.1. The summed E-state index contributed by atoms with van der Waals surface area (Å²) < 4.78 is 42.6. The molecule has 0 radical (unpaired) electrons. The van der Waals surface area contributed by atoms with Crippen LogP contribution in [0.4, 0.5) is 5.69 Å². The van der Waals surface area contributed by atoms with Crippen LogP contribution in [0.2, 0.25) is 5.02 Å². The molecule has 0 unspecified atom stereocenters. The van der Waals surface area contributed by atoms with E-state index in [2.05, 4.69) is 5.32 Å². The molecule has 38 heavy (non-hydrogen) atoms. The van der Waals surface area contributed by atoms with Crippen LogP contribution < -0.4 is 10.1 Å². The standard InChI is InChI=1S/C26H25ClN2O8S/c1-35-23-10-9-21(14-22(23)27)38(33,34)29(15-17-7-5-4-6-8-17)16-24(30)28-20-12-18(25(31)36-2)11-19(13-20)26(32)37-3/h4-14H,15-16H2,1-3H3,(H,28,30). The van der Waals surface area contributed by atoms with Crippen molar-refractivity contribution < 1.29 is 37.0 Å². The molecule has 0 bridgehead atoms. The highest BCUT2D eigenvalue weighted by atomic mass is 35.5. The van der Waals surface area contributed by atoms with Crippen LogP contribution in [0.1, 0.15) is 26.3 Å². The predicted octanol–water partition coefficient (Wildman–Crippen LogP) is 3.75. The first kappa shape index (κ1) is 28.6. The molecule has 0 atom stereocenters. The third kappa shape index (κ3) is 6.88. The number of nitrogens with zero attached hydrogens (tertiary/aromatic N) is 1. The van der Waals surface area contributed by atoms with Crippen molar-refractivity contribution in [3.8, 4) is 5.75 Å². The lowest BCUT2D eigenvalue weighted by Gasteiger charge is -2.22. The van der Waals surface area contributed by atoms with Crippen LogP contribution in [-0.2, 0) is 30.8 Å². The number of nitrogens with one attached hydrogen (secondary N) is 1. The van der Waals surface area contributed by atoms with E-state index < -0.39 is 34.4 Å². The minimum Gasteiger partial charge on any atom is -0.495 e. The first-order chi connectivity index (χ1) is 18.1. The maximum absolute atomic E-state index is 13.6. The fraction of sp³-hybridized carbons (Fsp3) is 0.192. The van der Waals surface area contributed by atoms with Gasteiger partial charge in [-0.3, -0.25) is 4.79 Å². The van der Waals surface area contributed by atoms with Gasteiger partial charge < -0.3 is 19.5 Å². The van der Waals surface area contributed by atoms with Crippen LogP contribution in [0.25, 0.3) is 0 Å². The summed E-state index contributed by atoms with van der Waals surface area (Å²) in [6, 6.07) is 16.6. The van der Waals surface area contributed by atoms with Crippen LogP contribution in [0.5, 0.6) is 5.75 Å². The van der Waals surface area contributed by atoms with Gasteiger partial charge in [-0.05, 0) is 42.0 Å². The summed E-state index contributed by atoms with van der Waals surface area (Å²) >= 11 is 6.16. The zero-order valence-corrected chi connectivity index (χ0v) is 22.3. The highest BCUT2D eigenvalue weighted by molar-refractivity contribution is 7.89. The number of hydrogen-bond acceptors (Lipinski definition) is 8. The van der Waals surface area contributed by atoms with Crippen molar-refractivity contribution in [2.75, 3.05) is 33.2 Å². The summed E-state index contributed by atoms with van der Waals surface area (Å²) in [5.41, 5.74) is 0.701. The minimum absolute atomic E-state index is 0.00709. The lowest BCUT2D eigenvalue weighted by Crippen LogP contribution is -2.37. The molecule has 1 amide bonds. The molecular formula is C26H25ClN2O8S. The Bertz CT molecular complexity index is 1410. The average molecular weight is 561 g/mol. The van der Waals surface area contributed by atoms with E-state index in [4.69, 9.17) is 25.8 Å². The van der Waals surface area contributed by atoms with E-state index in [0.717, 1.165) is 4.31 Å². The van der Waals surface area contributed by atoms with E-state index in [1.54, 1.807) is 30.3 Å². The van der Waals surface area contributed by atoms with Crippen molar-refractivity contribution >= 4 is 45.2 Å². The van der Waals surface area contributed by atoms with Crippen molar-refractivity contribution in [3.63, 3.8) is 0 Å². The highest BCUT2D eigenvalue weighted by Crippen LogP contribution is 2.29. The highest BCUT2D eigenvalue weighted by Gasteiger charge is 2.28. The van der Waals surface area contributed by atoms with E-state index in [0.29, 0.717) is 11.3 Å². The maximum Gasteiger partial charge on any atom is 0.337 e. The fourth-order valence-corrected chi connectivity index (χ4v) is 5.23. The van der Waals surface area contributed by atoms with Gasteiger partial charge in [0.1, 0.15) is 5.75 Å². The zero-order chi connectivity index (χ0) is 27.9. The van der Waals surface area contributed by atoms with E-state index in [1.165, 1.54) is 57.7 Å². The van der Waals surface area contributed by atoms with Crippen molar-refractivity contribution in [2.45, 2.75) is 11.4 Å².